The summed E-state index contributed by atoms with van der Waals surface area (Å²) in [7, 11) is 1.46. The molecule has 1 aliphatic rings. The standard InChI is InChI=1S/C15H24N5O4P/c1-23-13-9-12(18-15(16)19-13)20(7-17-9)14-11(22)10(21)8(24-14)5-6-25(2,3)4/h7-8,10-11,14,21-22H,2,5-6H2,1,3-4H3,(H2,16,18,19)/t8-,10-,11-,14?/m1/s1. The van der Waals surface area contributed by atoms with Crippen LogP contribution in [0.2, 0.25) is 0 Å². The number of aromatic nitrogens is 4. The summed E-state index contributed by atoms with van der Waals surface area (Å²) in [5, 5.41) is 20.8. The van der Waals surface area contributed by atoms with E-state index < -0.39 is 31.4 Å². The first kappa shape index (κ1) is 18.1. The number of nitrogen functional groups attached to an aromatic ring is 1. The van der Waals surface area contributed by atoms with Crippen LogP contribution in [0.4, 0.5) is 5.95 Å². The molecule has 0 radical (unpaired) electrons. The molecule has 0 amide bonds. The van der Waals surface area contributed by atoms with Crippen molar-refractivity contribution < 1.29 is 19.7 Å². The van der Waals surface area contributed by atoms with Crippen molar-refractivity contribution in [2.75, 3.05) is 32.3 Å². The largest absolute Gasteiger partial charge is 0.479 e. The third-order valence-corrected chi connectivity index (χ3v) is 5.70. The van der Waals surface area contributed by atoms with E-state index >= 15 is 0 Å². The van der Waals surface area contributed by atoms with E-state index in [9.17, 15) is 10.2 Å². The number of nitrogens with two attached hydrogens (primary N) is 1. The van der Waals surface area contributed by atoms with Crippen LogP contribution in [0, 0.1) is 0 Å². The first-order valence-electron chi connectivity index (χ1n) is 7.94. The number of anilines is 1. The Hall–Kier alpha value is -1.67. The van der Waals surface area contributed by atoms with Crippen molar-refractivity contribution >= 4 is 30.3 Å². The summed E-state index contributed by atoms with van der Waals surface area (Å²) in [6, 6.07) is 0. The van der Waals surface area contributed by atoms with Gasteiger partial charge in [0.15, 0.2) is 17.4 Å². The van der Waals surface area contributed by atoms with E-state index in [-0.39, 0.29) is 11.8 Å². The molecule has 0 aromatic carbocycles. The minimum absolute atomic E-state index is 0.0271. The van der Waals surface area contributed by atoms with E-state index in [0.717, 1.165) is 6.16 Å². The first-order chi connectivity index (χ1) is 11.7. The molecule has 9 nitrogen and oxygen atoms in total. The van der Waals surface area contributed by atoms with Gasteiger partial charge in [-0.15, -0.1) is 13.2 Å². The average molecular weight is 369 g/mol. The monoisotopic (exact) mass is 369 g/mol. The Morgan fingerprint density at radius 1 is 1.36 bits per heavy atom. The summed E-state index contributed by atoms with van der Waals surface area (Å²) >= 11 is 0. The van der Waals surface area contributed by atoms with E-state index in [1.807, 2.05) is 0 Å². The number of fused-ring (bicyclic) bond motifs is 1. The highest BCUT2D eigenvalue weighted by Crippen LogP contribution is 2.40. The third kappa shape index (κ3) is 3.50. The molecular weight excluding hydrogens is 345 g/mol. The molecule has 2 aromatic heterocycles. The van der Waals surface area contributed by atoms with Crippen LogP contribution in [0.3, 0.4) is 0 Å². The van der Waals surface area contributed by atoms with Crippen LogP contribution in [-0.4, -0.2) is 80.9 Å². The fraction of sp³-hybridized carbons (Fsp3) is 0.600. The van der Waals surface area contributed by atoms with Gasteiger partial charge in [-0.3, -0.25) is 4.57 Å². The van der Waals surface area contributed by atoms with Crippen LogP contribution in [0.25, 0.3) is 11.2 Å². The predicted molar refractivity (Wildman–Crippen MR) is 97.6 cm³/mol. The molecule has 0 bridgehead atoms. The van der Waals surface area contributed by atoms with Gasteiger partial charge in [0.05, 0.1) is 19.5 Å². The van der Waals surface area contributed by atoms with Crippen LogP contribution in [0.5, 0.6) is 5.88 Å². The molecule has 0 saturated carbocycles. The number of ether oxygens (including phenoxy) is 2. The second-order valence-electron chi connectivity index (χ2n) is 6.91. The molecule has 3 heterocycles. The zero-order valence-corrected chi connectivity index (χ0v) is 15.4. The van der Waals surface area contributed by atoms with Crippen molar-refractivity contribution in [3.8, 4) is 5.88 Å². The smallest absolute Gasteiger partial charge is 0.246 e. The van der Waals surface area contributed by atoms with Crippen LogP contribution >= 0.6 is 6.89 Å². The quantitative estimate of drug-likeness (QED) is 0.635. The van der Waals surface area contributed by atoms with Crippen molar-refractivity contribution in [3.05, 3.63) is 6.33 Å². The lowest BCUT2D eigenvalue weighted by molar-refractivity contribution is -0.0353. The summed E-state index contributed by atoms with van der Waals surface area (Å²) in [5.74, 6) is 0.272. The summed E-state index contributed by atoms with van der Waals surface area (Å²) in [6.07, 6.45) is 3.76. The van der Waals surface area contributed by atoms with E-state index in [1.165, 1.54) is 13.4 Å². The van der Waals surface area contributed by atoms with Crippen molar-refractivity contribution in [2.45, 2.75) is 31.0 Å². The molecule has 3 rings (SSSR count). The molecule has 4 atom stereocenters. The van der Waals surface area contributed by atoms with E-state index in [0.29, 0.717) is 17.6 Å². The topological polar surface area (TPSA) is 129 Å². The molecule has 4 N–H and O–H groups in total. The third-order valence-electron chi connectivity index (χ3n) is 4.23. The lowest BCUT2D eigenvalue weighted by Crippen LogP contribution is -2.31. The molecular formula is C15H24N5O4P. The number of rotatable bonds is 5. The Kier molecular flexibility index (Phi) is 4.76. The van der Waals surface area contributed by atoms with Crippen molar-refractivity contribution in [3.63, 3.8) is 0 Å². The zero-order valence-electron chi connectivity index (χ0n) is 14.5. The molecule has 1 saturated heterocycles. The summed E-state index contributed by atoms with van der Waals surface area (Å²) in [5.41, 5.74) is 6.51. The highest BCUT2D eigenvalue weighted by Gasteiger charge is 2.44. The number of hydrogen-bond acceptors (Lipinski definition) is 8. The summed E-state index contributed by atoms with van der Waals surface area (Å²) in [4.78, 5) is 12.4. The Balaban J connectivity index is 1.90. The molecule has 10 heteroatoms. The highest BCUT2D eigenvalue weighted by atomic mass is 31.2. The number of methoxy groups -OCH3 is 1. The van der Waals surface area contributed by atoms with Gasteiger partial charge in [-0.25, -0.2) is 4.98 Å². The fourth-order valence-electron chi connectivity index (χ4n) is 2.91. The number of hydrogen-bond donors (Lipinski definition) is 3. The maximum absolute atomic E-state index is 10.4. The molecule has 2 aromatic rings. The van der Waals surface area contributed by atoms with Gasteiger partial charge in [-0.2, -0.15) is 9.97 Å². The van der Waals surface area contributed by atoms with Crippen molar-refractivity contribution in [2.24, 2.45) is 0 Å². The number of aliphatic hydroxyl groups excluding tert-OH is 2. The van der Waals surface area contributed by atoms with Gasteiger partial charge in [0.2, 0.25) is 11.8 Å². The second kappa shape index (κ2) is 6.57. The van der Waals surface area contributed by atoms with Gasteiger partial charge in [-0.05, 0) is 25.9 Å². The summed E-state index contributed by atoms with van der Waals surface area (Å²) in [6.45, 7) is 3.00. The molecule has 1 fully saturated rings. The molecule has 138 valence electrons. The number of imidazole rings is 1. The zero-order chi connectivity index (χ0) is 18.4. The molecule has 25 heavy (non-hydrogen) atoms. The molecule has 1 aliphatic heterocycles. The lowest BCUT2D eigenvalue weighted by atomic mass is 10.1. The summed E-state index contributed by atoms with van der Waals surface area (Å²) < 4.78 is 12.6. The fourth-order valence-corrected chi connectivity index (χ4v) is 3.86. The first-order valence-corrected chi connectivity index (χ1v) is 11.0. The second-order valence-corrected chi connectivity index (χ2v) is 11.2. The molecule has 1 unspecified atom stereocenters. The van der Waals surface area contributed by atoms with Crippen LogP contribution < -0.4 is 10.5 Å². The van der Waals surface area contributed by atoms with E-state index in [2.05, 4.69) is 34.6 Å². The predicted octanol–water partition coefficient (Wildman–Crippen LogP) is 0.136. The Bertz CT molecular complexity index is 820. The van der Waals surface area contributed by atoms with Crippen LogP contribution in [0.1, 0.15) is 12.6 Å². The SMILES string of the molecule is C=P(C)(C)CC[C@H]1OC(n2cnc3c(OC)nc(N)nc32)[C@H](O)[C@@H]1O. The normalized spacial score (nSPS) is 27.1. The molecule has 0 aliphatic carbocycles. The minimum atomic E-state index is -1.25. The number of aliphatic hydroxyl groups is 2. The van der Waals surface area contributed by atoms with E-state index in [1.54, 1.807) is 4.57 Å². The minimum Gasteiger partial charge on any atom is -0.479 e. The van der Waals surface area contributed by atoms with Gasteiger partial charge in [-0.1, -0.05) is 0 Å². The van der Waals surface area contributed by atoms with E-state index in [4.69, 9.17) is 15.2 Å². The maximum atomic E-state index is 10.4. The van der Waals surface area contributed by atoms with Gasteiger partial charge >= 0.3 is 0 Å². The van der Waals surface area contributed by atoms with Gasteiger partial charge in [0.25, 0.3) is 0 Å². The maximum Gasteiger partial charge on any atom is 0.246 e. The van der Waals surface area contributed by atoms with Crippen LogP contribution in [-0.2, 0) is 4.74 Å². The molecule has 0 spiro atoms. The average Bonchev–Trinajstić information content (AvgIpc) is 3.06. The van der Waals surface area contributed by atoms with Gasteiger partial charge in [0.1, 0.15) is 12.2 Å². The Morgan fingerprint density at radius 2 is 2.08 bits per heavy atom. The van der Waals surface area contributed by atoms with Crippen molar-refractivity contribution in [1.29, 1.82) is 0 Å². The Labute approximate surface area is 145 Å². The Morgan fingerprint density at radius 3 is 2.72 bits per heavy atom. The highest BCUT2D eigenvalue weighted by molar-refractivity contribution is 7.72. The van der Waals surface area contributed by atoms with Crippen molar-refractivity contribution in [1.82, 2.24) is 19.5 Å². The number of nitrogens with zero attached hydrogens (tertiary/aromatic N) is 4. The van der Waals surface area contributed by atoms with Crippen LogP contribution in [0.15, 0.2) is 6.33 Å². The van der Waals surface area contributed by atoms with Gasteiger partial charge in [0, 0.05) is 0 Å². The lowest BCUT2D eigenvalue weighted by Gasteiger charge is -2.18. The van der Waals surface area contributed by atoms with Gasteiger partial charge < -0.3 is 25.4 Å².